The van der Waals surface area contributed by atoms with Crippen LogP contribution in [0.4, 0.5) is 0 Å². The number of benzene rings is 2. The van der Waals surface area contributed by atoms with E-state index in [1.807, 2.05) is 55.5 Å². The maximum atomic E-state index is 12.1. The molecule has 2 atom stereocenters. The normalized spacial score (nSPS) is 13.0. The second-order valence-corrected chi connectivity index (χ2v) is 6.57. The van der Waals surface area contributed by atoms with E-state index in [1.54, 1.807) is 7.11 Å². The van der Waals surface area contributed by atoms with E-state index in [2.05, 4.69) is 22.5 Å². The largest absolute Gasteiger partial charge is 0.497 e. The van der Waals surface area contributed by atoms with Gasteiger partial charge in [0.1, 0.15) is 5.75 Å². The third kappa shape index (κ3) is 4.06. The Morgan fingerprint density at radius 3 is 2.04 bits per heavy atom. The molecule has 0 radical (unpaired) electrons. The molecule has 0 spiro atoms. The summed E-state index contributed by atoms with van der Waals surface area (Å²) < 4.78 is 10.1. The molecular formula is C20H21BrO3. The molecule has 126 valence electrons. The van der Waals surface area contributed by atoms with Crippen LogP contribution in [0, 0.1) is 6.92 Å². The first-order valence-electron chi connectivity index (χ1n) is 7.59. The first-order valence-corrected chi connectivity index (χ1v) is 8.51. The van der Waals surface area contributed by atoms with Crippen molar-refractivity contribution in [2.24, 2.45) is 0 Å². The van der Waals surface area contributed by atoms with Crippen LogP contribution < -0.4 is 4.74 Å². The number of ether oxygens (including phenoxy) is 2. The number of hydrogen-bond donors (Lipinski definition) is 0. The lowest BCUT2D eigenvalue weighted by Gasteiger charge is -2.25. The Balaban J connectivity index is 2.41. The minimum atomic E-state index is -0.404. The minimum absolute atomic E-state index is 0.113. The molecule has 0 fully saturated rings. The molecule has 0 aliphatic rings. The molecule has 2 aromatic carbocycles. The number of esters is 1. The summed E-state index contributed by atoms with van der Waals surface area (Å²) >= 11 is 3.74. The Kier molecular flexibility index (Phi) is 6.21. The molecule has 0 bridgehead atoms. The zero-order chi connectivity index (χ0) is 17.7. The Hall–Kier alpha value is -2.07. The maximum Gasteiger partial charge on any atom is 0.333 e. The number of halogens is 1. The van der Waals surface area contributed by atoms with E-state index in [-0.39, 0.29) is 10.7 Å². The molecule has 0 amide bonds. The number of aryl methyl sites for hydroxylation is 1. The van der Waals surface area contributed by atoms with Crippen molar-refractivity contribution in [3.8, 4) is 5.75 Å². The Morgan fingerprint density at radius 1 is 1.00 bits per heavy atom. The van der Waals surface area contributed by atoms with Gasteiger partial charge in [0.25, 0.3) is 0 Å². The van der Waals surface area contributed by atoms with Gasteiger partial charge in [-0.05, 0) is 30.2 Å². The molecular weight excluding hydrogens is 368 g/mol. The molecule has 0 N–H and O–H groups in total. The first-order chi connectivity index (χ1) is 11.5. The van der Waals surface area contributed by atoms with Gasteiger partial charge in [-0.25, -0.2) is 4.79 Å². The van der Waals surface area contributed by atoms with Crippen molar-refractivity contribution in [2.75, 3.05) is 14.2 Å². The summed E-state index contributed by atoms with van der Waals surface area (Å²) in [7, 11) is 3.01. The number of alkyl halides is 1. The second-order valence-electron chi connectivity index (χ2n) is 5.58. The molecule has 0 heterocycles. The van der Waals surface area contributed by atoms with Gasteiger partial charge in [-0.15, -0.1) is 0 Å². The average molecular weight is 389 g/mol. The van der Waals surface area contributed by atoms with E-state index in [0.717, 1.165) is 22.4 Å². The molecule has 2 rings (SSSR count). The van der Waals surface area contributed by atoms with Gasteiger partial charge in [0, 0.05) is 11.5 Å². The van der Waals surface area contributed by atoms with Crippen molar-refractivity contribution in [3.63, 3.8) is 0 Å². The van der Waals surface area contributed by atoms with Crippen molar-refractivity contribution >= 4 is 21.9 Å². The van der Waals surface area contributed by atoms with E-state index < -0.39 is 5.97 Å². The average Bonchev–Trinajstić information content (AvgIpc) is 2.62. The summed E-state index contributed by atoms with van der Waals surface area (Å²) in [5, 5.41) is 0. The zero-order valence-electron chi connectivity index (χ0n) is 14.1. The topological polar surface area (TPSA) is 35.5 Å². The van der Waals surface area contributed by atoms with Crippen molar-refractivity contribution < 1.29 is 14.3 Å². The fraction of sp³-hybridized carbons (Fsp3) is 0.250. The van der Waals surface area contributed by atoms with Crippen LogP contribution in [0.3, 0.4) is 0 Å². The highest BCUT2D eigenvalue weighted by atomic mass is 79.9. The van der Waals surface area contributed by atoms with Crippen LogP contribution in [0.5, 0.6) is 5.75 Å². The van der Waals surface area contributed by atoms with E-state index in [4.69, 9.17) is 9.47 Å². The Bertz CT molecular complexity index is 705. The summed E-state index contributed by atoms with van der Waals surface area (Å²) in [5.41, 5.74) is 3.62. The van der Waals surface area contributed by atoms with Gasteiger partial charge in [0.05, 0.1) is 19.0 Å². The first kappa shape index (κ1) is 18.3. The van der Waals surface area contributed by atoms with Crippen molar-refractivity contribution in [1.29, 1.82) is 0 Å². The highest BCUT2D eigenvalue weighted by molar-refractivity contribution is 9.09. The number of carbonyl (C=O) groups excluding carboxylic acids is 1. The van der Waals surface area contributed by atoms with Gasteiger partial charge in [0.2, 0.25) is 0 Å². The van der Waals surface area contributed by atoms with E-state index in [9.17, 15) is 4.79 Å². The fourth-order valence-electron chi connectivity index (χ4n) is 2.56. The van der Waals surface area contributed by atoms with Crippen molar-refractivity contribution in [1.82, 2.24) is 0 Å². The van der Waals surface area contributed by atoms with Gasteiger partial charge < -0.3 is 9.47 Å². The zero-order valence-corrected chi connectivity index (χ0v) is 15.7. The van der Waals surface area contributed by atoms with Gasteiger partial charge in [-0.2, -0.15) is 0 Å². The maximum absolute atomic E-state index is 12.1. The molecule has 0 aromatic heterocycles. The molecule has 0 aliphatic heterocycles. The Morgan fingerprint density at radius 2 is 1.54 bits per heavy atom. The van der Waals surface area contributed by atoms with Crippen molar-refractivity contribution in [3.05, 3.63) is 77.4 Å². The van der Waals surface area contributed by atoms with E-state index in [0.29, 0.717) is 5.57 Å². The molecule has 2 aromatic rings. The quantitative estimate of drug-likeness (QED) is 0.398. The van der Waals surface area contributed by atoms with Crippen LogP contribution in [0.15, 0.2) is 60.7 Å². The number of carbonyl (C=O) groups is 1. The highest BCUT2D eigenvalue weighted by Gasteiger charge is 2.29. The molecule has 0 saturated heterocycles. The molecule has 24 heavy (non-hydrogen) atoms. The molecule has 0 unspecified atom stereocenters. The third-order valence-corrected chi connectivity index (χ3v) is 5.04. The summed E-state index contributed by atoms with van der Waals surface area (Å²) in [6.07, 6.45) is 0. The predicted molar refractivity (Wildman–Crippen MR) is 99.7 cm³/mol. The van der Waals surface area contributed by atoms with E-state index >= 15 is 0 Å². The minimum Gasteiger partial charge on any atom is -0.497 e. The second kappa shape index (κ2) is 8.15. The van der Waals surface area contributed by atoms with Gasteiger partial charge >= 0.3 is 5.97 Å². The lowest BCUT2D eigenvalue weighted by molar-refractivity contribution is -0.136. The van der Waals surface area contributed by atoms with Crippen LogP contribution in [-0.2, 0) is 9.53 Å². The summed E-state index contributed by atoms with van der Waals surface area (Å²) in [6, 6.07) is 15.8. The lowest BCUT2D eigenvalue weighted by atomic mass is 9.86. The number of hydrogen-bond acceptors (Lipinski definition) is 3. The predicted octanol–water partition coefficient (Wildman–Crippen LogP) is 4.95. The molecule has 0 saturated carbocycles. The van der Waals surface area contributed by atoms with Crippen LogP contribution >= 0.6 is 15.9 Å². The van der Waals surface area contributed by atoms with Crippen LogP contribution in [0.2, 0.25) is 0 Å². The standard InChI is InChI=1S/C20H21BrO3/c1-13-5-7-15(8-6-13)18(14(2)20(22)24-4)19(21)16-9-11-17(23-3)12-10-16/h5-12,18-19H,2H2,1,3-4H3/t18-,19-/m0/s1. The van der Waals surface area contributed by atoms with E-state index in [1.165, 1.54) is 7.11 Å². The highest BCUT2D eigenvalue weighted by Crippen LogP contribution is 2.42. The van der Waals surface area contributed by atoms with Gasteiger partial charge in [-0.3, -0.25) is 0 Å². The van der Waals surface area contributed by atoms with Crippen LogP contribution in [0.25, 0.3) is 0 Å². The number of rotatable bonds is 6. The lowest BCUT2D eigenvalue weighted by Crippen LogP contribution is -2.16. The summed E-state index contributed by atoms with van der Waals surface area (Å²) in [6.45, 7) is 6.01. The molecule has 3 nitrogen and oxygen atoms in total. The van der Waals surface area contributed by atoms with Crippen molar-refractivity contribution in [2.45, 2.75) is 17.7 Å². The van der Waals surface area contributed by atoms with Gasteiger partial charge in [0.15, 0.2) is 0 Å². The smallest absolute Gasteiger partial charge is 0.333 e. The third-order valence-electron chi connectivity index (χ3n) is 3.99. The van der Waals surface area contributed by atoms with Crippen LogP contribution in [0.1, 0.15) is 27.4 Å². The van der Waals surface area contributed by atoms with Gasteiger partial charge in [-0.1, -0.05) is 64.5 Å². The summed E-state index contributed by atoms with van der Waals surface area (Å²) in [4.78, 5) is 12.0. The monoisotopic (exact) mass is 388 g/mol. The number of methoxy groups -OCH3 is 2. The Labute approximate surface area is 151 Å². The molecule has 0 aliphatic carbocycles. The molecule has 4 heteroatoms. The summed E-state index contributed by atoms with van der Waals surface area (Å²) in [5.74, 6) is 0.155. The fourth-order valence-corrected chi connectivity index (χ4v) is 3.49. The van der Waals surface area contributed by atoms with Crippen LogP contribution in [-0.4, -0.2) is 20.2 Å². The SMILES string of the molecule is C=C(C(=O)OC)[C@@H](c1ccc(C)cc1)[C@@H](Br)c1ccc(OC)cc1.